The Morgan fingerprint density at radius 2 is 1.82 bits per heavy atom. The number of nitrogens with one attached hydrogen (secondary N) is 2. The van der Waals surface area contributed by atoms with Gasteiger partial charge in [0, 0.05) is 38.0 Å². The summed E-state index contributed by atoms with van der Waals surface area (Å²) in [4.78, 5) is 28.0. The summed E-state index contributed by atoms with van der Waals surface area (Å²) in [5.41, 5.74) is 5.53. The Hall–Kier alpha value is -3.92. The van der Waals surface area contributed by atoms with E-state index in [0.717, 1.165) is 11.6 Å². The number of benzene rings is 2. The molecule has 2 amide bonds. The number of aromatic nitrogens is 1. The molecule has 3 aromatic rings. The van der Waals surface area contributed by atoms with E-state index in [1.807, 2.05) is 0 Å². The molecule has 3 rings (SSSR count). The van der Waals surface area contributed by atoms with Gasteiger partial charge < -0.3 is 21.1 Å². The molecular formula is C24H23F3N4O3. The molecule has 0 aliphatic rings. The summed E-state index contributed by atoms with van der Waals surface area (Å²) in [6.45, 7) is -0.256. The van der Waals surface area contributed by atoms with E-state index >= 15 is 0 Å². The second-order valence-electron chi connectivity index (χ2n) is 7.33. The first-order valence-electron chi connectivity index (χ1n) is 10.3. The minimum atomic E-state index is -4.56. The summed E-state index contributed by atoms with van der Waals surface area (Å²) in [6.07, 6.45) is -2.71. The van der Waals surface area contributed by atoms with Crippen LogP contribution in [0.4, 0.5) is 18.9 Å². The molecule has 10 heteroatoms. The Bertz CT molecular complexity index is 1180. The van der Waals surface area contributed by atoms with Crippen molar-refractivity contribution in [2.24, 2.45) is 5.73 Å². The lowest BCUT2D eigenvalue weighted by Gasteiger charge is -2.14. The van der Waals surface area contributed by atoms with Crippen molar-refractivity contribution in [3.63, 3.8) is 0 Å². The minimum absolute atomic E-state index is 0.0426. The maximum Gasteiger partial charge on any atom is 0.416 e. The number of alkyl halides is 3. The largest absolute Gasteiger partial charge is 0.457 e. The van der Waals surface area contributed by atoms with E-state index in [0.29, 0.717) is 17.9 Å². The third-order valence-electron chi connectivity index (χ3n) is 4.88. The molecule has 0 spiro atoms. The van der Waals surface area contributed by atoms with Crippen molar-refractivity contribution in [3.8, 4) is 11.5 Å². The molecule has 0 aliphatic heterocycles. The zero-order chi connectivity index (χ0) is 24.7. The van der Waals surface area contributed by atoms with Crippen LogP contribution in [0.2, 0.25) is 0 Å². The maximum absolute atomic E-state index is 13.2. The quantitative estimate of drug-likeness (QED) is 0.454. The molecule has 4 N–H and O–H groups in total. The van der Waals surface area contributed by atoms with Crippen LogP contribution < -0.4 is 21.1 Å². The minimum Gasteiger partial charge on any atom is -0.457 e. The number of ether oxygens (including phenoxy) is 1. The van der Waals surface area contributed by atoms with Crippen LogP contribution in [0.5, 0.6) is 11.5 Å². The van der Waals surface area contributed by atoms with Gasteiger partial charge in [0.05, 0.1) is 5.56 Å². The number of halogens is 3. The Morgan fingerprint density at radius 3 is 2.53 bits per heavy atom. The van der Waals surface area contributed by atoms with E-state index in [2.05, 4.69) is 15.6 Å². The summed E-state index contributed by atoms with van der Waals surface area (Å²) >= 11 is 0. The van der Waals surface area contributed by atoms with Crippen LogP contribution in [0, 0.1) is 0 Å². The van der Waals surface area contributed by atoms with Gasteiger partial charge in [0.25, 0.3) is 5.91 Å². The number of hydrogen-bond donors (Lipinski definition) is 3. The van der Waals surface area contributed by atoms with Crippen molar-refractivity contribution in [1.29, 1.82) is 0 Å². The lowest BCUT2D eigenvalue weighted by atomic mass is 10.1. The Kier molecular flexibility index (Phi) is 7.85. The number of carbonyl (C=O) groups is 2. The van der Waals surface area contributed by atoms with E-state index in [1.165, 1.54) is 31.4 Å². The van der Waals surface area contributed by atoms with Gasteiger partial charge in [-0.25, -0.2) is 0 Å². The lowest BCUT2D eigenvalue weighted by Crippen LogP contribution is -2.18. The Labute approximate surface area is 194 Å². The van der Waals surface area contributed by atoms with Crippen LogP contribution in [0.25, 0.3) is 0 Å². The molecule has 0 bridgehead atoms. The first-order valence-corrected chi connectivity index (χ1v) is 10.3. The highest BCUT2D eigenvalue weighted by atomic mass is 19.4. The molecule has 0 aliphatic carbocycles. The van der Waals surface area contributed by atoms with Crippen molar-refractivity contribution in [3.05, 3.63) is 83.2 Å². The number of nitrogens with two attached hydrogens (primary N) is 1. The van der Waals surface area contributed by atoms with Crippen LogP contribution >= 0.6 is 0 Å². The first kappa shape index (κ1) is 24.7. The van der Waals surface area contributed by atoms with Crippen LogP contribution in [0.15, 0.2) is 60.8 Å². The fraction of sp³-hybridized carbons (Fsp3) is 0.208. The number of carbonyl (C=O) groups excluding carboxylic acids is 2. The molecule has 0 unspecified atom stereocenters. The highest BCUT2D eigenvalue weighted by molar-refractivity contribution is 5.92. The number of amides is 2. The van der Waals surface area contributed by atoms with Crippen molar-refractivity contribution in [1.82, 2.24) is 10.3 Å². The second kappa shape index (κ2) is 10.8. The SMILES string of the molecule is CNC(=O)c1cc(Oc2cccc(CCC(=O)Nc3ccc(CN)c(C(F)(F)F)c3)c2)ccn1. The Morgan fingerprint density at radius 1 is 1.06 bits per heavy atom. The Balaban J connectivity index is 1.62. The summed E-state index contributed by atoms with van der Waals surface area (Å²) in [6, 6.07) is 13.7. The van der Waals surface area contributed by atoms with Crippen LogP contribution in [0.1, 0.15) is 33.6 Å². The van der Waals surface area contributed by atoms with Gasteiger partial charge in [-0.2, -0.15) is 13.2 Å². The molecule has 0 saturated carbocycles. The number of aryl methyl sites for hydroxylation is 1. The number of hydrogen-bond acceptors (Lipinski definition) is 5. The summed E-state index contributed by atoms with van der Waals surface area (Å²) in [5.74, 6) is 0.151. The van der Waals surface area contributed by atoms with Crippen LogP contribution in [0.3, 0.4) is 0 Å². The monoisotopic (exact) mass is 472 g/mol. The van der Waals surface area contributed by atoms with Gasteiger partial charge in [0.2, 0.25) is 5.91 Å². The van der Waals surface area contributed by atoms with Crippen molar-refractivity contribution < 1.29 is 27.5 Å². The summed E-state index contributed by atoms with van der Waals surface area (Å²) in [5, 5.41) is 4.98. The molecule has 0 fully saturated rings. The van der Waals surface area contributed by atoms with E-state index in [1.54, 1.807) is 30.3 Å². The highest BCUT2D eigenvalue weighted by Crippen LogP contribution is 2.33. The number of nitrogens with zero attached hydrogens (tertiary/aromatic N) is 1. The van der Waals surface area contributed by atoms with Crippen molar-refractivity contribution in [2.45, 2.75) is 25.6 Å². The van der Waals surface area contributed by atoms with Gasteiger partial charge in [-0.3, -0.25) is 14.6 Å². The first-order chi connectivity index (χ1) is 16.2. The molecule has 0 atom stereocenters. The van der Waals surface area contributed by atoms with E-state index < -0.39 is 17.6 Å². The molecule has 7 nitrogen and oxygen atoms in total. The smallest absolute Gasteiger partial charge is 0.416 e. The predicted molar refractivity (Wildman–Crippen MR) is 120 cm³/mol. The number of rotatable bonds is 8. The molecule has 1 aromatic heterocycles. The fourth-order valence-corrected chi connectivity index (χ4v) is 3.20. The van der Waals surface area contributed by atoms with E-state index in [9.17, 15) is 22.8 Å². The zero-order valence-electron chi connectivity index (χ0n) is 18.3. The topological polar surface area (TPSA) is 106 Å². The standard InChI is InChI=1S/C24H23F3N4O3/c1-29-23(33)21-13-19(9-10-30-21)34-18-4-2-3-15(11-18)5-8-22(32)31-17-7-6-16(14-28)20(12-17)24(25,26)27/h2-4,6-7,9-13H,5,8,14,28H2,1H3,(H,29,33)(H,31,32). The molecule has 2 aromatic carbocycles. The molecule has 1 heterocycles. The number of pyridine rings is 1. The molecule has 0 radical (unpaired) electrons. The summed E-state index contributed by atoms with van der Waals surface area (Å²) in [7, 11) is 1.50. The average molecular weight is 472 g/mol. The van der Waals surface area contributed by atoms with Gasteiger partial charge in [-0.05, 0) is 47.9 Å². The van der Waals surface area contributed by atoms with Crippen LogP contribution in [-0.4, -0.2) is 23.8 Å². The zero-order valence-corrected chi connectivity index (χ0v) is 18.3. The molecule has 0 saturated heterocycles. The normalized spacial score (nSPS) is 11.1. The summed E-state index contributed by atoms with van der Waals surface area (Å²) < 4.78 is 45.4. The molecule has 178 valence electrons. The third kappa shape index (κ3) is 6.55. The van der Waals surface area contributed by atoms with E-state index in [-0.39, 0.29) is 35.8 Å². The maximum atomic E-state index is 13.2. The second-order valence-corrected chi connectivity index (χ2v) is 7.33. The van der Waals surface area contributed by atoms with Crippen molar-refractivity contribution in [2.75, 3.05) is 12.4 Å². The van der Waals surface area contributed by atoms with Crippen molar-refractivity contribution >= 4 is 17.5 Å². The molecule has 34 heavy (non-hydrogen) atoms. The van der Waals surface area contributed by atoms with Gasteiger partial charge in [0.1, 0.15) is 17.2 Å². The highest BCUT2D eigenvalue weighted by Gasteiger charge is 2.33. The fourth-order valence-electron chi connectivity index (χ4n) is 3.20. The van der Waals surface area contributed by atoms with Gasteiger partial charge in [-0.1, -0.05) is 18.2 Å². The van der Waals surface area contributed by atoms with Gasteiger partial charge >= 0.3 is 6.18 Å². The predicted octanol–water partition coefficient (Wildman–Crippen LogP) is 4.28. The van der Waals surface area contributed by atoms with Crippen LogP contribution in [-0.2, 0) is 23.9 Å². The lowest BCUT2D eigenvalue weighted by molar-refractivity contribution is -0.138. The van der Waals surface area contributed by atoms with Gasteiger partial charge in [0.15, 0.2) is 0 Å². The molecular weight excluding hydrogens is 449 g/mol. The third-order valence-corrected chi connectivity index (χ3v) is 4.88. The number of anilines is 1. The van der Waals surface area contributed by atoms with E-state index in [4.69, 9.17) is 10.5 Å². The van der Waals surface area contributed by atoms with Gasteiger partial charge in [-0.15, -0.1) is 0 Å². The average Bonchev–Trinajstić information content (AvgIpc) is 2.82.